The Morgan fingerprint density at radius 2 is 1.94 bits per heavy atom. The van der Waals surface area contributed by atoms with Gasteiger partial charge in [0, 0.05) is 0 Å². The van der Waals surface area contributed by atoms with Crippen LogP contribution in [0.1, 0.15) is 12.0 Å². The Bertz CT molecular complexity index is 399. The maximum atomic E-state index is 11.4. The fourth-order valence-electron chi connectivity index (χ4n) is 1.56. The molecule has 1 aliphatic carbocycles. The maximum absolute atomic E-state index is 11.4. The minimum absolute atomic E-state index is 0.211. The quantitative estimate of drug-likeness (QED) is 0.780. The van der Waals surface area contributed by atoms with Crippen molar-refractivity contribution in [2.75, 3.05) is 0 Å². The number of carbonyl (C=O) groups is 2. The monoisotopic (exact) mass is 220 g/mol. The smallest absolute Gasteiger partial charge is 0.310 e. The SMILES string of the molecule is O=C(OCc1ccccc1)[C@H]1C[C@H]1C(=O)O. The molecular weight excluding hydrogens is 208 g/mol. The molecule has 0 unspecified atom stereocenters. The summed E-state index contributed by atoms with van der Waals surface area (Å²) in [6.07, 6.45) is 0.406. The molecule has 0 aliphatic heterocycles. The molecule has 0 bridgehead atoms. The van der Waals surface area contributed by atoms with E-state index in [-0.39, 0.29) is 6.61 Å². The van der Waals surface area contributed by atoms with Gasteiger partial charge in [0.15, 0.2) is 0 Å². The lowest BCUT2D eigenvalue weighted by atomic mass is 10.2. The van der Waals surface area contributed by atoms with Crippen LogP contribution in [0.25, 0.3) is 0 Å². The summed E-state index contributed by atoms with van der Waals surface area (Å²) >= 11 is 0. The number of esters is 1. The summed E-state index contributed by atoms with van der Waals surface area (Å²) in [4.78, 5) is 22.0. The Kier molecular flexibility index (Phi) is 2.90. The number of benzene rings is 1. The number of hydrogen-bond acceptors (Lipinski definition) is 3. The van der Waals surface area contributed by atoms with Crippen LogP contribution in [-0.2, 0) is 20.9 Å². The van der Waals surface area contributed by atoms with Gasteiger partial charge in [0.1, 0.15) is 6.61 Å². The van der Waals surface area contributed by atoms with Gasteiger partial charge in [-0.3, -0.25) is 9.59 Å². The van der Waals surface area contributed by atoms with Crippen molar-refractivity contribution >= 4 is 11.9 Å². The minimum Gasteiger partial charge on any atom is -0.481 e. The number of hydrogen-bond donors (Lipinski definition) is 1. The zero-order valence-electron chi connectivity index (χ0n) is 8.63. The van der Waals surface area contributed by atoms with Gasteiger partial charge in [-0.15, -0.1) is 0 Å². The Morgan fingerprint density at radius 1 is 1.25 bits per heavy atom. The summed E-state index contributed by atoms with van der Waals surface area (Å²) in [5.41, 5.74) is 0.906. The van der Waals surface area contributed by atoms with Crippen LogP contribution in [0, 0.1) is 11.8 Å². The van der Waals surface area contributed by atoms with E-state index in [9.17, 15) is 9.59 Å². The number of carbonyl (C=O) groups excluding carboxylic acids is 1. The highest BCUT2D eigenvalue weighted by molar-refractivity contribution is 5.86. The van der Waals surface area contributed by atoms with E-state index >= 15 is 0 Å². The van der Waals surface area contributed by atoms with E-state index in [1.54, 1.807) is 0 Å². The summed E-state index contributed by atoms with van der Waals surface area (Å²) in [6, 6.07) is 9.32. The molecule has 0 heterocycles. The summed E-state index contributed by atoms with van der Waals surface area (Å²) in [7, 11) is 0. The first-order valence-electron chi connectivity index (χ1n) is 5.12. The van der Waals surface area contributed by atoms with Crippen molar-refractivity contribution in [2.45, 2.75) is 13.0 Å². The van der Waals surface area contributed by atoms with Gasteiger partial charge in [-0.1, -0.05) is 30.3 Å². The number of ether oxygens (including phenoxy) is 1. The van der Waals surface area contributed by atoms with Gasteiger partial charge in [0.25, 0.3) is 0 Å². The van der Waals surface area contributed by atoms with Gasteiger partial charge < -0.3 is 9.84 Å². The van der Waals surface area contributed by atoms with Crippen LogP contribution >= 0.6 is 0 Å². The highest BCUT2D eigenvalue weighted by atomic mass is 16.5. The van der Waals surface area contributed by atoms with Crippen LogP contribution in [0.5, 0.6) is 0 Å². The lowest BCUT2D eigenvalue weighted by molar-refractivity contribution is -0.149. The molecule has 2 rings (SSSR count). The maximum Gasteiger partial charge on any atom is 0.310 e. The molecule has 1 N–H and O–H groups in total. The molecule has 0 aromatic heterocycles. The third-order valence-corrected chi connectivity index (χ3v) is 2.63. The molecule has 1 aliphatic rings. The molecule has 4 heteroatoms. The van der Waals surface area contributed by atoms with Gasteiger partial charge in [0.2, 0.25) is 0 Å². The number of carboxylic acid groups (broad SMARTS) is 1. The molecule has 0 saturated heterocycles. The molecule has 1 aromatic carbocycles. The topological polar surface area (TPSA) is 63.6 Å². The second-order valence-corrected chi connectivity index (χ2v) is 3.88. The lowest BCUT2D eigenvalue weighted by Crippen LogP contribution is -2.11. The summed E-state index contributed by atoms with van der Waals surface area (Å²) in [6.45, 7) is 0.211. The van der Waals surface area contributed by atoms with Crippen molar-refractivity contribution in [3.63, 3.8) is 0 Å². The highest BCUT2D eigenvalue weighted by Gasteiger charge is 2.49. The van der Waals surface area contributed by atoms with Crippen LogP contribution < -0.4 is 0 Å². The predicted molar refractivity (Wildman–Crippen MR) is 55.5 cm³/mol. The second-order valence-electron chi connectivity index (χ2n) is 3.88. The molecule has 4 nitrogen and oxygen atoms in total. The molecule has 0 spiro atoms. The average Bonchev–Trinajstić information content (AvgIpc) is 3.07. The van der Waals surface area contributed by atoms with Crippen LogP contribution in [0.4, 0.5) is 0 Å². The largest absolute Gasteiger partial charge is 0.481 e. The Labute approximate surface area is 92.8 Å². The van der Waals surface area contributed by atoms with Crippen molar-refractivity contribution in [2.24, 2.45) is 11.8 Å². The second kappa shape index (κ2) is 4.35. The Balaban J connectivity index is 1.80. The first-order valence-corrected chi connectivity index (χ1v) is 5.12. The van der Waals surface area contributed by atoms with Crippen LogP contribution in [0.15, 0.2) is 30.3 Å². The van der Waals surface area contributed by atoms with Crippen LogP contribution in [0.3, 0.4) is 0 Å². The summed E-state index contributed by atoms with van der Waals surface area (Å²) in [5.74, 6) is -2.30. The predicted octanol–water partition coefficient (Wildman–Crippen LogP) is 1.45. The zero-order chi connectivity index (χ0) is 11.5. The van der Waals surface area contributed by atoms with Gasteiger partial charge in [-0.2, -0.15) is 0 Å². The molecule has 1 fully saturated rings. The minimum atomic E-state index is -0.915. The zero-order valence-corrected chi connectivity index (χ0v) is 8.63. The van der Waals surface area contributed by atoms with E-state index in [4.69, 9.17) is 9.84 Å². The molecule has 84 valence electrons. The first-order chi connectivity index (χ1) is 7.68. The van der Waals surface area contributed by atoms with E-state index in [2.05, 4.69) is 0 Å². The molecule has 0 radical (unpaired) electrons. The van der Waals surface area contributed by atoms with Crippen molar-refractivity contribution < 1.29 is 19.4 Å². The van der Waals surface area contributed by atoms with Crippen molar-refractivity contribution in [1.29, 1.82) is 0 Å². The number of rotatable bonds is 4. The van der Waals surface area contributed by atoms with Crippen molar-refractivity contribution in [3.8, 4) is 0 Å². The Hall–Kier alpha value is -1.84. The van der Waals surface area contributed by atoms with Crippen molar-refractivity contribution in [3.05, 3.63) is 35.9 Å². The molecule has 1 aromatic rings. The van der Waals surface area contributed by atoms with Gasteiger partial charge >= 0.3 is 11.9 Å². The lowest BCUT2D eigenvalue weighted by Gasteiger charge is -2.03. The molecule has 0 amide bonds. The average molecular weight is 220 g/mol. The fraction of sp³-hybridized carbons (Fsp3) is 0.333. The van der Waals surface area contributed by atoms with Gasteiger partial charge in [-0.25, -0.2) is 0 Å². The third-order valence-electron chi connectivity index (χ3n) is 2.63. The fourth-order valence-corrected chi connectivity index (χ4v) is 1.56. The molecular formula is C12H12O4. The molecule has 2 atom stereocenters. The standard InChI is InChI=1S/C12H12O4/c13-11(14)9-6-10(9)12(15)16-7-8-4-2-1-3-5-8/h1-5,9-10H,6-7H2,(H,13,14)/t9-,10+/m1/s1. The van der Waals surface area contributed by atoms with E-state index in [0.717, 1.165) is 5.56 Å². The van der Waals surface area contributed by atoms with Gasteiger partial charge in [-0.05, 0) is 12.0 Å². The van der Waals surface area contributed by atoms with Gasteiger partial charge in [0.05, 0.1) is 11.8 Å². The van der Waals surface area contributed by atoms with E-state index in [0.29, 0.717) is 6.42 Å². The first kappa shape index (κ1) is 10.7. The third kappa shape index (κ3) is 2.39. The van der Waals surface area contributed by atoms with E-state index < -0.39 is 23.8 Å². The van der Waals surface area contributed by atoms with E-state index in [1.807, 2.05) is 30.3 Å². The van der Waals surface area contributed by atoms with Crippen LogP contribution in [-0.4, -0.2) is 17.0 Å². The highest BCUT2D eigenvalue weighted by Crippen LogP contribution is 2.39. The number of carboxylic acids is 1. The van der Waals surface area contributed by atoms with Crippen molar-refractivity contribution in [1.82, 2.24) is 0 Å². The van der Waals surface area contributed by atoms with E-state index in [1.165, 1.54) is 0 Å². The Morgan fingerprint density at radius 3 is 2.50 bits per heavy atom. The summed E-state index contributed by atoms with van der Waals surface area (Å²) in [5, 5.41) is 8.65. The van der Waals surface area contributed by atoms with Crippen LogP contribution in [0.2, 0.25) is 0 Å². The molecule has 16 heavy (non-hydrogen) atoms. The molecule has 1 saturated carbocycles. The summed E-state index contributed by atoms with van der Waals surface area (Å²) < 4.78 is 5.03. The normalized spacial score (nSPS) is 22.5. The number of aliphatic carboxylic acids is 1.